The number of rotatable bonds is 6. The number of pyridine rings is 1. The predicted octanol–water partition coefficient (Wildman–Crippen LogP) is 14.8. The molecule has 2 nitrogen and oxygen atoms in total. The smallest absolute Gasteiger partial charge is 0.0465 e. The van der Waals surface area contributed by atoms with Gasteiger partial charge in [0.15, 0.2) is 0 Å². The third kappa shape index (κ3) is 5.14. The fraction of sp³-hybridized carbons (Fsp3) is 0.0556. The van der Waals surface area contributed by atoms with E-state index in [1.54, 1.807) is 0 Å². The van der Waals surface area contributed by atoms with E-state index in [-0.39, 0.29) is 5.41 Å². The monoisotopic (exact) mass is 714 g/mol. The molecule has 0 saturated heterocycles. The molecule has 0 spiro atoms. The molecule has 0 saturated carbocycles. The minimum Gasteiger partial charge on any atom is -0.310 e. The van der Waals surface area contributed by atoms with Crippen LogP contribution >= 0.6 is 0 Å². The summed E-state index contributed by atoms with van der Waals surface area (Å²) in [5.74, 6) is 0. The van der Waals surface area contributed by atoms with Gasteiger partial charge in [-0.05, 0) is 161 Å². The molecule has 0 amide bonds. The zero-order chi connectivity index (χ0) is 37.4. The van der Waals surface area contributed by atoms with Gasteiger partial charge in [-0.2, -0.15) is 0 Å². The Morgan fingerprint density at radius 3 is 1.46 bits per heavy atom. The van der Waals surface area contributed by atoms with Crippen LogP contribution in [-0.4, -0.2) is 4.98 Å². The quantitative estimate of drug-likeness (QED) is 0.159. The number of hydrogen-bond donors (Lipinski definition) is 0. The molecule has 1 heterocycles. The number of aromatic nitrogens is 1. The first-order valence-corrected chi connectivity index (χ1v) is 19.4. The fourth-order valence-electron chi connectivity index (χ4n) is 9.21. The van der Waals surface area contributed by atoms with Gasteiger partial charge >= 0.3 is 0 Å². The second-order valence-electron chi connectivity index (χ2n) is 15.7. The molecule has 10 aromatic rings. The molecule has 0 atom stereocenters. The molecule has 9 aromatic carbocycles. The molecule has 0 bridgehead atoms. The summed E-state index contributed by atoms with van der Waals surface area (Å²) < 4.78 is 0. The summed E-state index contributed by atoms with van der Waals surface area (Å²) in [5, 5.41) is 7.84. The first-order chi connectivity index (χ1) is 27.5. The van der Waals surface area contributed by atoms with Crippen LogP contribution in [-0.2, 0) is 5.41 Å². The summed E-state index contributed by atoms with van der Waals surface area (Å²) in [6.07, 6.45) is 3.73. The van der Waals surface area contributed by atoms with Crippen LogP contribution < -0.4 is 4.90 Å². The lowest BCUT2D eigenvalue weighted by Crippen LogP contribution is -2.16. The van der Waals surface area contributed by atoms with Gasteiger partial charge in [-0.25, -0.2) is 0 Å². The number of fused-ring (bicyclic) bond motifs is 3. The van der Waals surface area contributed by atoms with Crippen LogP contribution in [0.5, 0.6) is 0 Å². The maximum Gasteiger partial charge on any atom is 0.0465 e. The van der Waals surface area contributed by atoms with Crippen LogP contribution in [0.4, 0.5) is 17.1 Å². The van der Waals surface area contributed by atoms with Crippen LogP contribution in [0.1, 0.15) is 25.0 Å². The van der Waals surface area contributed by atoms with E-state index in [0.29, 0.717) is 0 Å². The summed E-state index contributed by atoms with van der Waals surface area (Å²) >= 11 is 0. The molecule has 56 heavy (non-hydrogen) atoms. The third-order valence-corrected chi connectivity index (χ3v) is 12.0. The van der Waals surface area contributed by atoms with E-state index in [4.69, 9.17) is 0 Å². The Bertz CT molecular complexity index is 3010. The lowest BCUT2D eigenvalue weighted by Gasteiger charge is -2.28. The standard InChI is InChI=1S/C54H38N2/c1-54(2)50-32-37(44-30-40-17-15-38-28-43(35-10-5-3-6-11-35)29-39-16-18-41(31-44)53(40)52(38)39)21-25-48(50)49-26-24-47(33-51(49)54)56(45-13-7-4-8-14-45)46-22-19-36(20-23-46)42-12-9-27-55-34-42/h3-34H,1-2H3. The Kier molecular flexibility index (Phi) is 7.24. The van der Waals surface area contributed by atoms with E-state index < -0.39 is 0 Å². The summed E-state index contributed by atoms with van der Waals surface area (Å²) in [4.78, 5) is 6.69. The summed E-state index contributed by atoms with van der Waals surface area (Å²) in [5.41, 5.74) is 15.8. The van der Waals surface area contributed by atoms with Crippen molar-refractivity contribution in [2.45, 2.75) is 19.3 Å². The molecule has 0 aliphatic heterocycles. The Hall–Kier alpha value is -7.03. The second-order valence-corrected chi connectivity index (χ2v) is 15.7. The molecular formula is C54H38N2. The first-order valence-electron chi connectivity index (χ1n) is 19.4. The fourth-order valence-corrected chi connectivity index (χ4v) is 9.21. The highest BCUT2D eigenvalue weighted by Crippen LogP contribution is 2.52. The Morgan fingerprint density at radius 2 is 0.857 bits per heavy atom. The van der Waals surface area contributed by atoms with Crippen molar-refractivity contribution < 1.29 is 0 Å². The minimum atomic E-state index is -0.185. The first kappa shape index (κ1) is 32.4. The molecule has 0 radical (unpaired) electrons. The van der Waals surface area contributed by atoms with Crippen LogP contribution in [0.15, 0.2) is 194 Å². The van der Waals surface area contributed by atoms with Crippen molar-refractivity contribution in [2.24, 2.45) is 0 Å². The third-order valence-electron chi connectivity index (χ3n) is 12.0. The lowest BCUT2D eigenvalue weighted by atomic mass is 9.81. The number of hydrogen-bond acceptors (Lipinski definition) is 2. The number of nitrogens with zero attached hydrogens (tertiary/aromatic N) is 2. The Balaban J connectivity index is 0.969. The maximum absolute atomic E-state index is 4.33. The number of anilines is 3. The van der Waals surface area contributed by atoms with Gasteiger partial charge in [-0.3, -0.25) is 4.98 Å². The highest BCUT2D eigenvalue weighted by Gasteiger charge is 2.36. The van der Waals surface area contributed by atoms with Gasteiger partial charge in [0.1, 0.15) is 0 Å². The molecule has 1 aromatic heterocycles. The average Bonchev–Trinajstić information content (AvgIpc) is 3.48. The van der Waals surface area contributed by atoms with Gasteiger partial charge in [-0.15, -0.1) is 0 Å². The number of benzene rings is 9. The van der Waals surface area contributed by atoms with E-state index in [9.17, 15) is 0 Å². The van der Waals surface area contributed by atoms with Gasteiger partial charge in [0.2, 0.25) is 0 Å². The minimum absolute atomic E-state index is 0.185. The predicted molar refractivity (Wildman–Crippen MR) is 236 cm³/mol. The van der Waals surface area contributed by atoms with Crippen molar-refractivity contribution in [1.29, 1.82) is 0 Å². The zero-order valence-corrected chi connectivity index (χ0v) is 31.4. The average molecular weight is 715 g/mol. The Morgan fingerprint density at radius 1 is 0.375 bits per heavy atom. The van der Waals surface area contributed by atoms with Crippen LogP contribution in [0, 0.1) is 0 Å². The summed E-state index contributed by atoms with van der Waals surface area (Å²) in [6, 6.07) is 67.1. The van der Waals surface area contributed by atoms with Crippen LogP contribution in [0.2, 0.25) is 0 Å². The van der Waals surface area contributed by atoms with E-state index >= 15 is 0 Å². The van der Waals surface area contributed by atoms with Crippen LogP contribution in [0.25, 0.3) is 76.8 Å². The largest absolute Gasteiger partial charge is 0.310 e. The molecule has 0 unspecified atom stereocenters. The lowest BCUT2D eigenvalue weighted by molar-refractivity contribution is 0.660. The summed E-state index contributed by atoms with van der Waals surface area (Å²) in [7, 11) is 0. The van der Waals surface area contributed by atoms with Crippen molar-refractivity contribution in [3.63, 3.8) is 0 Å². The van der Waals surface area contributed by atoms with Gasteiger partial charge in [0.05, 0.1) is 0 Å². The van der Waals surface area contributed by atoms with E-state index in [2.05, 4.69) is 200 Å². The molecule has 1 aliphatic rings. The maximum atomic E-state index is 4.33. The van der Waals surface area contributed by atoms with Crippen molar-refractivity contribution in [3.8, 4) is 44.5 Å². The van der Waals surface area contributed by atoms with E-state index in [1.165, 1.54) is 76.8 Å². The van der Waals surface area contributed by atoms with Crippen molar-refractivity contribution >= 4 is 49.4 Å². The van der Waals surface area contributed by atoms with Gasteiger partial charge in [0, 0.05) is 34.9 Å². The normalized spacial score (nSPS) is 13.0. The molecule has 1 aliphatic carbocycles. The molecular weight excluding hydrogens is 677 g/mol. The molecule has 264 valence electrons. The van der Waals surface area contributed by atoms with Crippen molar-refractivity contribution in [3.05, 3.63) is 206 Å². The SMILES string of the molecule is CC1(C)c2cc(-c3cc4ccc5cc(-c6ccccc6)cc6ccc(c3)c4c56)ccc2-c2ccc(N(c3ccccc3)c3ccc(-c4cccnc4)cc3)cc21. The van der Waals surface area contributed by atoms with E-state index in [0.717, 1.165) is 28.2 Å². The topological polar surface area (TPSA) is 16.1 Å². The van der Waals surface area contributed by atoms with Crippen molar-refractivity contribution in [1.82, 2.24) is 4.98 Å². The molecule has 0 fully saturated rings. The molecule has 11 rings (SSSR count). The van der Waals surface area contributed by atoms with Gasteiger partial charge < -0.3 is 4.90 Å². The Labute approximate surface area is 327 Å². The summed E-state index contributed by atoms with van der Waals surface area (Å²) in [6.45, 7) is 4.76. The van der Waals surface area contributed by atoms with Gasteiger partial charge in [0.25, 0.3) is 0 Å². The zero-order valence-electron chi connectivity index (χ0n) is 31.4. The second kappa shape index (κ2) is 12.5. The van der Waals surface area contributed by atoms with Crippen molar-refractivity contribution in [2.75, 3.05) is 4.90 Å². The highest BCUT2D eigenvalue weighted by molar-refractivity contribution is 6.24. The molecule has 0 N–H and O–H groups in total. The number of para-hydroxylation sites is 1. The highest BCUT2D eigenvalue weighted by atomic mass is 15.1. The van der Waals surface area contributed by atoms with Gasteiger partial charge in [-0.1, -0.05) is 123 Å². The van der Waals surface area contributed by atoms with Crippen LogP contribution in [0.3, 0.4) is 0 Å². The van der Waals surface area contributed by atoms with E-state index in [1.807, 2.05) is 18.5 Å². The molecule has 2 heteroatoms.